The maximum atomic E-state index is 12.7. The fraction of sp³-hybridized carbons (Fsp3) is 0.579. The third-order valence-electron chi connectivity index (χ3n) is 5.57. The van der Waals surface area contributed by atoms with Crippen LogP contribution in [0.1, 0.15) is 70.6 Å². The van der Waals surface area contributed by atoms with E-state index in [-0.39, 0.29) is 5.91 Å². The molecule has 0 aromatic carbocycles. The fourth-order valence-corrected chi connectivity index (χ4v) is 4.12. The van der Waals surface area contributed by atoms with Crippen molar-refractivity contribution in [1.82, 2.24) is 30.4 Å². The van der Waals surface area contributed by atoms with Crippen LogP contribution in [0.15, 0.2) is 6.20 Å². The molecule has 7 heteroatoms. The Kier molecular flexibility index (Phi) is 4.72. The minimum atomic E-state index is -0.115. The number of aromatic nitrogens is 4. The predicted molar refractivity (Wildman–Crippen MR) is 97.8 cm³/mol. The number of fused-ring (bicyclic) bond motifs is 1. The zero-order valence-electron chi connectivity index (χ0n) is 15.5. The highest BCUT2D eigenvalue weighted by Crippen LogP contribution is 2.31. The van der Waals surface area contributed by atoms with E-state index in [1.165, 1.54) is 6.42 Å². The Hall–Kier alpha value is -2.28. The summed E-state index contributed by atoms with van der Waals surface area (Å²) in [4.78, 5) is 24.0. The molecule has 0 spiro atoms. The molecule has 1 fully saturated rings. The number of likely N-dealkylation sites (tertiary alicyclic amines) is 1. The minimum absolute atomic E-state index is 0.115. The summed E-state index contributed by atoms with van der Waals surface area (Å²) in [5.74, 6) is 0.660. The molecule has 2 aliphatic rings. The molecule has 1 amide bonds. The molecular formula is C19H26N6O. The lowest BCUT2D eigenvalue weighted by atomic mass is 9.96. The summed E-state index contributed by atoms with van der Waals surface area (Å²) < 4.78 is 0. The molecule has 1 unspecified atom stereocenters. The highest BCUT2D eigenvalue weighted by molar-refractivity contribution is 5.94. The van der Waals surface area contributed by atoms with Gasteiger partial charge in [0.1, 0.15) is 5.82 Å². The van der Waals surface area contributed by atoms with Crippen LogP contribution in [-0.2, 0) is 19.4 Å². The SMILES string of the molecule is Cc1ncc(CNC(=O)c2n[nH]c3c2CCCC3)c(C2CCCN2C)n1. The van der Waals surface area contributed by atoms with Crippen LogP contribution in [0.25, 0.3) is 0 Å². The minimum Gasteiger partial charge on any atom is -0.346 e. The van der Waals surface area contributed by atoms with Crippen LogP contribution in [0, 0.1) is 6.92 Å². The molecular weight excluding hydrogens is 328 g/mol. The van der Waals surface area contributed by atoms with E-state index in [4.69, 9.17) is 4.98 Å². The first-order valence-corrected chi connectivity index (χ1v) is 9.50. The van der Waals surface area contributed by atoms with Crippen LogP contribution in [0.2, 0.25) is 0 Å². The van der Waals surface area contributed by atoms with Gasteiger partial charge in [0.2, 0.25) is 0 Å². The number of aromatic amines is 1. The van der Waals surface area contributed by atoms with E-state index in [9.17, 15) is 4.79 Å². The molecule has 4 rings (SSSR count). The van der Waals surface area contributed by atoms with Crippen LogP contribution in [-0.4, -0.2) is 44.6 Å². The number of aryl methyl sites for hydroxylation is 2. The van der Waals surface area contributed by atoms with E-state index in [0.717, 1.165) is 67.0 Å². The lowest BCUT2D eigenvalue weighted by Crippen LogP contribution is -2.27. The van der Waals surface area contributed by atoms with Gasteiger partial charge in [-0.2, -0.15) is 5.10 Å². The van der Waals surface area contributed by atoms with E-state index in [0.29, 0.717) is 18.3 Å². The number of carbonyl (C=O) groups excluding carboxylic acids is 1. The maximum Gasteiger partial charge on any atom is 0.272 e. The van der Waals surface area contributed by atoms with Gasteiger partial charge < -0.3 is 5.32 Å². The van der Waals surface area contributed by atoms with Crippen molar-refractivity contribution in [1.29, 1.82) is 0 Å². The summed E-state index contributed by atoms with van der Waals surface area (Å²) in [5.41, 5.74) is 4.79. The first-order valence-electron chi connectivity index (χ1n) is 9.50. The van der Waals surface area contributed by atoms with Gasteiger partial charge in [0, 0.05) is 29.6 Å². The Bertz CT molecular complexity index is 814. The van der Waals surface area contributed by atoms with Gasteiger partial charge >= 0.3 is 0 Å². The number of amides is 1. The molecule has 1 saturated heterocycles. The Morgan fingerprint density at radius 2 is 2.19 bits per heavy atom. The second-order valence-electron chi connectivity index (χ2n) is 7.39. The van der Waals surface area contributed by atoms with Crippen molar-refractivity contribution >= 4 is 5.91 Å². The van der Waals surface area contributed by atoms with E-state index in [1.54, 1.807) is 0 Å². The summed E-state index contributed by atoms with van der Waals surface area (Å²) in [6.07, 6.45) is 8.33. The highest BCUT2D eigenvalue weighted by Gasteiger charge is 2.27. The van der Waals surface area contributed by atoms with Crippen LogP contribution < -0.4 is 5.32 Å². The van der Waals surface area contributed by atoms with Gasteiger partial charge in [-0.3, -0.25) is 14.8 Å². The Morgan fingerprint density at radius 1 is 1.35 bits per heavy atom. The van der Waals surface area contributed by atoms with Crippen LogP contribution in [0.4, 0.5) is 0 Å². The molecule has 0 bridgehead atoms. The zero-order chi connectivity index (χ0) is 18.1. The van der Waals surface area contributed by atoms with Crippen molar-refractivity contribution in [2.24, 2.45) is 0 Å². The third-order valence-corrected chi connectivity index (χ3v) is 5.57. The molecule has 3 heterocycles. The van der Waals surface area contributed by atoms with Crippen LogP contribution in [0.3, 0.4) is 0 Å². The van der Waals surface area contributed by atoms with E-state index < -0.39 is 0 Å². The van der Waals surface area contributed by atoms with Crippen molar-refractivity contribution in [2.75, 3.05) is 13.6 Å². The third kappa shape index (κ3) is 3.23. The number of carbonyl (C=O) groups is 1. The standard InChI is InChI=1S/C19H26N6O/c1-12-20-10-13(17(22-12)16-8-5-9-25(16)2)11-21-19(26)18-14-6-3-4-7-15(14)23-24-18/h10,16H,3-9,11H2,1-2H3,(H,21,26)(H,23,24). The first kappa shape index (κ1) is 17.1. The topological polar surface area (TPSA) is 86.8 Å². The molecule has 0 radical (unpaired) electrons. The summed E-state index contributed by atoms with van der Waals surface area (Å²) in [5, 5.41) is 10.3. The van der Waals surface area contributed by atoms with Gasteiger partial charge in [-0.1, -0.05) is 0 Å². The maximum absolute atomic E-state index is 12.7. The molecule has 2 aromatic heterocycles. The van der Waals surface area contributed by atoms with Gasteiger partial charge in [-0.15, -0.1) is 0 Å². The lowest BCUT2D eigenvalue weighted by Gasteiger charge is -2.21. The van der Waals surface area contributed by atoms with Crippen LogP contribution >= 0.6 is 0 Å². The number of nitrogens with one attached hydrogen (secondary N) is 2. The molecule has 1 aliphatic carbocycles. The van der Waals surface area contributed by atoms with Gasteiger partial charge in [0.25, 0.3) is 5.91 Å². The number of hydrogen-bond donors (Lipinski definition) is 2. The average Bonchev–Trinajstić information content (AvgIpc) is 3.26. The molecule has 0 saturated carbocycles. The average molecular weight is 354 g/mol. The Morgan fingerprint density at radius 3 is 3.00 bits per heavy atom. The van der Waals surface area contributed by atoms with Crippen molar-refractivity contribution in [3.8, 4) is 0 Å². The van der Waals surface area contributed by atoms with Crippen molar-refractivity contribution in [3.63, 3.8) is 0 Å². The number of nitrogens with zero attached hydrogens (tertiary/aromatic N) is 4. The zero-order valence-corrected chi connectivity index (χ0v) is 15.5. The van der Waals surface area contributed by atoms with E-state index in [1.807, 2.05) is 13.1 Å². The fourth-order valence-electron chi connectivity index (χ4n) is 4.12. The largest absolute Gasteiger partial charge is 0.346 e. The van der Waals surface area contributed by atoms with E-state index >= 15 is 0 Å². The number of hydrogen-bond acceptors (Lipinski definition) is 5. The molecule has 1 aliphatic heterocycles. The number of rotatable bonds is 4. The summed E-state index contributed by atoms with van der Waals surface area (Å²) in [7, 11) is 2.13. The summed E-state index contributed by atoms with van der Waals surface area (Å²) in [6, 6.07) is 0.307. The van der Waals surface area contributed by atoms with Crippen molar-refractivity contribution < 1.29 is 4.79 Å². The van der Waals surface area contributed by atoms with Gasteiger partial charge in [-0.25, -0.2) is 9.97 Å². The van der Waals surface area contributed by atoms with Gasteiger partial charge in [0.15, 0.2) is 5.69 Å². The summed E-state index contributed by atoms with van der Waals surface area (Å²) >= 11 is 0. The van der Waals surface area contributed by atoms with Gasteiger partial charge in [-0.05, 0) is 59.0 Å². The second-order valence-corrected chi connectivity index (χ2v) is 7.39. The molecule has 138 valence electrons. The normalized spacial score (nSPS) is 20.2. The van der Waals surface area contributed by atoms with Crippen molar-refractivity contribution in [2.45, 2.75) is 58.0 Å². The van der Waals surface area contributed by atoms with Gasteiger partial charge in [0.05, 0.1) is 11.7 Å². The molecule has 1 atom stereocenters. The van der Waals surface area contributed by atoms with Crippen LogP contribution in [0.5, 0.6) is 0 Å². The molecule has 2 N–H and O–H groups in total. The predicted octanol–water partition coefficient (Wildman–Crippen LogP) is 2.08. The quantitative estimate of drug-likeness (QED) is 0.878. The summed E-state index contributed by atoms with van der Waals surface area (Å²) in [6.45, 7) is 3.43. The van der Waals surface area contributed by atoms with Crippen molar-refractivity contribution in [3.05, 3.63) is 40.2 Å². The molecule has 26 heavy (non-hydrogen) atoms. The first-order chi connectivity index (χ1) is 12.6. The highest BCUT2D eigenvalue weighted by atomic mass is 16.1. The molecule has 7 nitrogen and oxygen atoms in total. The second kappa shape index (κ2) is 7.15. The molecule has 2 aromatic rings. The Balaban J connectivity index is 1.51. The van der Waals surface area contributed by atoms with E-state index in [2.05, 4.69) is 32.4 Å². The smallest absolute Gasteiger partial charge is 0.272 e. The lowest BCUT2D eigenvalue weighted by molar-refractivity contribution is 0.0944. The Labute approximate surface area is 153 Å². The number of H-pyrrole nitrogens is 1. The monoisotopic (exact) mass is 354 g/mol.